The highest BCUT2D eigenvalue weighted by molar-refractivity contribution is 7.18. The van der Waals surface area contributed by atoms with Crippen molar-refractivity contribution >= 4 is 27.8 Å². The Kier molecular flexibility index (Phi) is 4.85. The second-order valence-electron chi connectivity index (χ2n) is 4.81. The van der Waals surface area contributed by atoms with Gasteiger partial charge >= 0.3 is 0 Å². The molecule has 1 aromatic carbocycles. The molecule has 5 heteroatoms. The maximum atomic E-state index is 11.8. The highest BCUT2D eigenvalue weighted by Crippen LogP contribution is 2.32. The van der Waals surface area contributed by atoms with Crippen LogP contribution in [0.25, 0.3) is 0 Å². The molecule has 2 aromatic rings. The van der Waals surface area contributed by atoms with Gasteiger partial charge < -0.3 is 15.8 Å². The third-order valence-electron chi connectivity index (χ3n) is 3.31. The van der Waals surface area contributed by atoms with Crippen molar-refractivity contribution in [2.75, 3.05) is 18.2 Å². The number of methoxy groups -OCH3 is 1. The SMILES string of the molecule is CCC(=O)c1sc(NC(C)c2ccc(OC)cc2)cc1N. The predicted octanol–water partition coefficient (Wildman–Crippen LogP) is 4.10. The van der Waals surface area contributed by atoms with Gasteiger partial charge in [0.15, 0.2) is 5.78 Å². The van der Waals surface area contributed by atoms with E-state index in [4.69, 9.17) is 10.5 Å². The van der Waals surface area contributed by atoms with Crippen LogP contribution in [-0.2, 0) is 0 Å². The number of benzene rings is 1. The number of anilines is 2. The Morgan fingerprint density at radius 3 is 2.62 bits per heavy atom. The molecule has 3 N–H and O–H groups in total. The predicted molar refractivity (Wildman–Crippen MR) is 88.4 cm³/mol. The quantitative estimate of drug-likeness (QED) is 0.788. The third-order valence-corrected chi connectivity index (χ3v) is 4.43. The lowest BCUT2D eigenvalue weighted by Gasteiger charge is -2.14. The lowest BCUT2D eigenvalue weighted by atomic mass is 10.1. The summed E-state index contributed by atoms with van der Waals surface area (Å²) < 4.78 is 5.15. The van der Waals surface area contributed by atoms with Crippen LogP contribution in [0, 0.1) is 0 Å². The lowest BCUT2D eigenvalue weighted by molar-refractivity contribution is 0.0993. The maximum Gasteiger partial charge on any atom is 0.174 e. The minimum Gasteiger partial charge on any atom is -0.497 e. The van der Waals surface area contributed by atoms with Crippen molar-refractivity contribution in [2.45, 2.75) is 26.3 Å². The number of carbonyl (C=O) groups is 1. The van der Waals surface area contributed by atoms with Crippen LogP contribution in [0.3, 0.4) is 0 Å². The summed E-state index contributed by atoms with van der Waals surface area (Å²) in [6.07, 6.45) is 0.470. The van der Waals surface area contributed by atoms with Crippen LogP contribution in [0.5, 0.6) is 5.75 Å². The first-order chi connectivity index (χ1) is 10.0. The minimum atomic E-state index is 0.0858. The van der Waals surface area contributed by atoms with Gasteiger partial charge in [0, 0.05) is 12.5 Å². The molecule has 1 atom stereocenters. The van der Waals surface area contributed by atoms with Crippen molar-refractivity contribution in [1.29, 1.82) is 0 Å². The molecule has 1 unspecified atom stereocenters. The number of nitrogen functional groups attached to an aromatic ring is 1. The molecule has 0 bridgehead atoms. The molecule has 0 aliphatic carbocycles. The monoisotopic (exact) mass is 304 g/mol. The van der Waals surface area contributed by atoms with Crippen LogP contribution in [0.4, 0.5) is 10.7 Å². The van der Waals surface area contributed by atoms with E-state index >= 15 is 0 Å². The zero-order chi connectivity index (χ0) is 15.4. The first kappa shape index (κ1) is 15.4. The summed E-state index contributed by atoms with van der Waals surface area (Å²) in [6.45, 7) is 3.91. The average Bonchev–Trinajstić information content (AvgIpc) is 2.87. The van der Waals surface area contributed by atoms with Gasteiger partial charge in [-0.1, -0.05) is 19.1 Å². The zero-order valence-electron chi connectivity index (χ0n) is 12.5. The van der Waals surface area contributed by atoms with E-state index in [2.05, 4.69) is 12.2 Å². The molecule has 0 fully saturated rings. The Morgan fingerprint density at radius 2 is 2.05 bits per heavy atom. The fourth-order valence-electron chi connectivity index (χ4n) is 2.04. The molecular formula is C16H20N2O2S. The number of thiophene rings is 1. The number of rotatable bonds is 6. The first-order valence-corrected chi connectivity index (χ1v) is 7.69. The number of ether oxygens (including phenoxy) is 1. The van der Waals surface area contributed by atoms with Gasteiger partial charge in [-0.25, -0.2) is 0 Å². The van der Waals surface area contributed by atoms with Crippen molar-refractivity contribution in [2.24, 2.45) is 0 Å². The van der Waals surface area contributed by atoms with Crippen LogP contribution in [0.1, 0.15) is 41.5 Å². The molecule has 4 nitrogen and oxygen atoms in total. The molecule has 21 heavy (non-hydrogen) atoms. The minimum absolute atomic E-state index is 0.0858. The first-order valence-electron chi connectivity index (χ1n) is 6.88. The molecule has 0 aliphatic rings. The Bertz CT molecular complexity index is 620. The van der Waals surface area contributed by atoms with Gasteiger partial charge in [0.1, 0.15) is 5.75 Å². The molecule has 0 saturated heterocycles. The van der Waals surface area contributed by atoms with E-state index in [1.54, 1.807) is 7.11 Å². The summed E-state index contributed by atoms with van der Waals surface area (Å²) in [7, 11) is 1.65. The Hall–Kier alpha value is -2.01. The number of hydrogen-bond acceptors (Lipinski definition) is 5. The fourth-order valence-corrected chi connectivity index (χ4v) is 3.12. The fraction of sp³-hybridized carbons (Fsp3) is 0.312. The van der Waals surface area contributed by atoms with Crippen LogP contribution in [0.2, 0.25) is 0 Å². The van der Waals surface area contributed by atoms with E-state index in [1.807, 2.05) is 37.3 Å². The number of hydrogen-bond donors (Lipinski definition) is 2. The summed E-state index contributed by atoms with van der Waals surface area (Å²) in [5.74, 6) is 0.921. The Balaban J connectivity index is 2.11. The van der Waals surface area contributed by atoms with Crippen molar-refractivity contribution in [3.63, 3.8) is 0 Å². The van der Waals surface area contributed by atoms with Crippen LogP contribution >= 0.6 is 11.3 Å². The molecule has 0 spiro atoms. The second-order valence-corrected chi connectivity index (χ2v) is 5.86. The average molecular weight is 304 g/mol. The van der Waals surface area contributed by atoms with E-state index < -0.39 is 0 Å². The highest BCUT2D eigenvalue weighted by atomic mass is 32.1. The molecular weight excluding hydrogens is 284 g/mol. The molecule has 0 radical (unpaired) electrons. The zero-order valence-corrected chi connectivity index (χ0v) is 13.3. The highest BCUT2D eigenvalue weighted by Gasteiger charge is 2.14. The summed E-state index contributed by atoms with van der Waals surface area (Å²) >= 11 is 1.41. The van der Waals surface area contributed by atoms with Crippen LogP contribution in [0.15, 0.2) is 30.3 Å². The molecule has 0 saturated carbocycles. The summed E-state index contributed by atoms with van der Waals surface area (Å²) in [6, 6.07) is 9.86. The van der Waals surface area contributed by atoms with E-state index in [-0.39, 0.29) is 11.8 Å². The molecule has 2 rings (SSSR count). The normalized spacial score (nSPS) is 12.0. The van der Waals surface area contributed by atoms with Gasteiger partial charge in [0.25, 0.3) is 0 Å². The van der Waals surface area contributed by atoms with Gasteiger partial charge in [-0.2, -0.15) is 0 Å². The molecule has 112 valence electrons. The number of nitrogens with two attached hydrogens (primary N) is 1. The van der Waals surface area contributed by atoms with Crippen LogP contribution < -0.4 is 15.8 Å². The van der Waals surface area contributed by atoms with E-state index in [1.165, 1.54) is 11.3 Å². The van der Waals surface area contributed by atoms with Crippen molar-refractivity contribution < 1.29 is 9.53 Å². The van der Waals surface area contributed by atoms with E-state index in [0.29, 0.717) is 17.0 Å². The number of carbonyl (C=O) groups excluding carboxylic acids is 1. The summed E-state index contributed by atoms with van der Waals surface area (Å²) in [5, 5.41) is 4.29. The summed E-state index contributed by atoms with van der Waals surface area (Å²) in [5.41, 5.74) is 7.60. The molecule has 1 heterocycles. The summed E-state index contributed by atoms with van der Waals surface area (Å²) in [4.78, 5) is 12.4. The topological polar surface area (TPSA) is 64.3 Å². The van der Waals surface area contributed by atoms with Crippen molar-refractivity contribution in [3.05, 3.63) is 40.8 Å². The standard InChI is InChI=1S/C16H20N2O2S/c1-4-14(19)16-13(17)9-15(21-16)18-10(2)11-5-7-12(20-3)8-6-11/h5-10,18H,4,17H2,1-3H3. The van der Waals surface area contributed by atoms with Gasteiger partial charge in [-0.15, -0.1) is 11.3 Å². The number of ketones is 1. The Morgan fingerprint density at radius 1 is 1.38 bits per heavy atom. The van der Waals surface area contributed by atoms with Gasteiger partial charge in [0.05, 0.1) is 22.7 Å². The molecule has 0 aliphatic heterocycles. The molecule has 0 amide bonds. The smallest absolute Gasteiger partial charge is 0.174 e. The number of nitrogens with one attached hydrogen (secondary N) is 1. The van der Waals surface area contributed by atoms with Gasteiger partial charge in [-0.3, -0.25) is 4.79 Å². The Labute approximate surface area is 128 Å². The third kappa shape index (κ3) is 3.55. The van der Waals surface area contributed by atoms with E-state index in [0.717, 1.165) is 16.3 Å². The lowest BCUT2D eigenvalue weighted by Crippen LogP contribution is -2.05. The molecule has 1 aromatic heterocycles. The van der Waals surface area contributed by atoms with Crippen molar-refractivity contribution in [3.8, 4) is 5.75 Å². The maximum absolute atomic E-state index is 11.8. The van der Waals surface area contributed by atoms with Crippen LogP contribution in [-0.4, -0.2) is 12.9 Å². The number of Topliss-reactive ketones (excluding diaryl/α,β-unsaturated/α-hetero) is 1. The van der Waals surface area contributed by atoms with Crippen molar-refractivity contribution in [1.82, 2.24) is 0 Å². The largest absolute Gasteiger partial charge is 0.497 e. The second kappa shape index (κ2) is 6.63. The van der Waals surface area contributed by atoms with Gasteiger partial charge in [0.2, 0.25) is 0 Å². The van der Waals surface area contributed by atoms with Gasteiger partial charge in [-0.05, 0) is 30.7 Å². The van der Waals surface area contributed by atoms with E-state index in [9.17, 15) is 4.79 Å².